The van der Waals surface area contributed by atoms with Crippen molar-refractivity contribution in [2.75, 3.05) is 127 Å². The van der Waals surface area contributed by atoms with Crippen LogP contribution in [0.2, 0.25) is 0 Å². The second kappa shape index (κ2) is 21.3. The van der Waals surface area contributed by atoms with Gasteiger partial charge in [0.25, 0.3) is 5.92 Å². The van der Waals surface area contributed by atoms with E-state index in [4.69, 9.17) is 9.47 Å². The minimum absolute atomic E-state index is 0.0312. The summed E-state index contributed by atoms with van der Waals surface area (Å²) in [6.45, 7) is 16.9. The maximum absolute atomic E-state index is 12.4. The maximum Gasteiger partial charge on any atom is 0.250 e. The van der Waals surface area contributed by atoms with Crippen molar-refractivity contribution in [1.29, 1.82) is 0 Å². The molecule has 0 N–H and O–H groups in total. The smallest absolute Gasteiger partial charge is 0.250 e. The molecule has 5 rings (SSSR count). The van der Waals surface area contributed by atoms with Crippen LogP contribution >= 0.6 is 0 Å². The molecule has 9 heteroatoms. The number of piperidine rings is 2. The van der Waals surface area contributed by atoms with Crippen LogP contribution in [0.25, 0.3) is 0 Å². The Morgan fingerprint density at radius 3 is 1.16 bits per heavy atom. The van der Waals surface area contributed by atoms with Crippen LogP contribution in [0.15, 0.2) is 0 Å². The van der Waals surface area contributed by atoms with E-state index in [1.165, 1.54) is 71.4 Å². The first kappa shape index (κ1) is 35.6. The summed E-state index contributed by atoms with van der Waals surface area (Å²) in [5.41, 5.74) is 0. The maximum atomic E-state index is 12.4. The molecule has 5 aliphatic heterocycles. The van der Waals surface area contributed by atoms with Crippen molar-refractivity contribution in [3.63, 3.8) is 0 Å². The molecule has 228 valence electrons. The van der Waals surface area contributed by atoms with Crippen molar-refractivity contribution in [3.05, 3.63) is 0 Å². The lowest BCUT2D eigenvalue weighted by atomic mass is 10.0. The molecule has 0 radical (unpaired) electrons. The summed E-state index contributed by atoms with van der Waals surface area (Å²) < 4.78 is 34.9. The first-order valence-corrected chi connectivity index (χ1v) is 15.0. The van der Waals surface area contributed by atoms with Crippen molar-refractivity contribution >= 4 is 0 Å². The Morgan fingerprint density at radius 1 is 0.500 bits per heavy atom. The molecule has 5 saturated heterocycles. The Balaban J connectivity index is 0.000000238. The summed E-state index contributed by atoms with van der Waals surface area (Å²) in [7, 11) is 10.5. The number of hydrogen-bond donors (Lipinski definition) is 0. The molecular formula is C29H61F2N5O2. The van der Waals surface area contributed by atoms with E-state index in [0.29, 0.717) is 13.1 Å². The van der Waals surface area contributed by atoms with Gasteiger partial charge in [-0.25, -0.2) is 8.78 Å². The number of likely N-dealkylation sites (N-methyl/N-ethyl adjacent to an activating group) is 3. The lowest BCUT2D eigenvalue weighted by Gasteiger charge is -2.28. The van der Waals surface area contributed by atoms with Crippen LogP contribution in [0.1, 0.15) is 51.9 Å². The second-order valence-electron chi connectivity index (χ2n) is 11.8. The van der Waals surface area contributed by atoms with Gasteiger partial charge < -0.3 is 34.0 Å². The summed E-state index contributed by atoms with van der Waals surface area (Å²) in [5, 5.41) is 0. The van der Waals surface area contributed by atoms with E-state index in [0.717, 1.165) is 45.4 Å². The number of morpholine rings is 1. The minimum atomic E-state index is -2.38. The molecule has 7 nitrogen and oxygen atoms in total. The molecule has 0 spiro atoms. The number of piperazine rings is 1. The Labute approximate surface area is 233 Å². The Morgan fingerprint density at radius 2 is 0.868 bits per heavy atom. The van der Waals surface area contributed by atoms with E-state index in [9.17, 15) is 8.78 Å². The third kappa shape index (κ3) is 20.5. The van der Waals surface area contributed by atoms with E-state index in [-0.39, 0.29) is 12.8 Å². The van der Waals surface area contributed by atoms with E-state index < -0.39 is 5.92 Å². The van der Waals surface area contributed by atoms with Gasteiger partial charge in [-0.3, -0.25) is 0 Å². The molecule has 0 aromatic rings. The highest BCUT2D eigenvalue weighted by atomic mass is 19.3. The summed E-state index contributed by atoms with van der Waals surface area (Å²) >= 11 is 0. The number of rotatable bonds is 0. The molecule has 0 bridgehead atoms. The Kier molecular flexibility index (Phi) is 20.0. The van der Waals surface area contributed by atoms with Crippen LogP contribution in [0.3, 0.4) is 0 Å². The number of nitrogens with zero attached hydrogens (tertiary/aromatic N) is 5. The van der Waals surface area contributed by atoms with Crippen LogP contribution in [0.4, 0.5) is 8.78 Å². The van der Waals surface area contributed by atoms with Crippen LogP contribution in [0, 0.1) is 5.92 Å². The molecule has 0 amide bonds. The zero-order chi connectivity index (χ0) is 28.2. The monoisotopic (exact) mass is 549 g/mol. The first-order chi connectivity index (χ1) is 18.1. The van der Waals surface area contributed by atoms with Crippen molar-refractivity contribution in [3.8, 4) is 0 Å². The van der Waals surface area contributed by atoms with Gasteiger partial charge in [-0.2, -0.15) is 0 Å². The normalized spacial score (nSPS) is 26.2. The highest BCUT2D eigenvalue weighted by Crippen LogP contribution is 2.26. The number of alkyl halides is 2. The summed E-state index contributed by atoms with van der Waals surface area (Å²) in [6.07, 6.45) is 6.87. The van der Waals surface area contributed by atoms with Crippen molar-refractivity contribution in [2.24, 2.45) is 5.92 Å². The molecule has 0 aliphatic carbocycles. The third-order valence-corrected chi connectivity index (χ3v) is 7.77. The van der Waals surface area contributed by atoms with E-state index in [1.54, 1.807) is 0 Å². The van der Waals surface area contributed by atoms with Gasteiger partial charge in [-0.1, -0.05) is 13.3 Å². The van der Waals surface area contributed by atoms with Crippen LogP contribution in [0.5, 0.6) is 0 Å². The summed E-state index contributed by atoms with van der Waals surface area (Å²) in [4.78, 5) is 11.3. The highest BCUT2D eigenvalue weighted by molar-refractivity contribution is 4.75. The Bertz CT molecular complexity index is 477. The average molecular weight is 550 g/mol. The molecule has 0 aromatic carbocycles. The molecule has 0 saturated carbocycles. The van der Waals surface area contributed by atoms with E-state index in [2.05, 4.69) is 54.7 Å². The number of ether oxygens (including phenoxy) is 2. The predicted octanol–water partition coefficient (Wildman–Crippen LogP) is 3.69. The zero-order valence-corrected chi connectivity index (χ0v) is 25.7. The molecule has 5 fully saturated rings. The van der Waals surface area contributed by atoms with Gasteiger partial charge >= 0.3 is 0 Å². The standard InChI is InChI=1S/C6H11F2N.C6H14N2.C6H13N.C6H12O.C5H11NO/c1-9-4-2-6(7,8)3-5-9;1-7-3-5-8(2)6-4-7;1-7-5-3-2-4-6-7;2*1-6-2-4-7-5-3-6/h2-5H2,1H3;3-6H2,1-2H3;2-6H2,1H3;6H,2-5H2,1H3;2-5H2,1H3. The summed E-state index contributed by atoms with van der Waals surface area (Å²) in [6, 6.07) is 0. The predicted molar refractivity (Wildman–Crippen MR) is 156 cm³/mol. The van der Waals surface area contributed by atoms with Crippen LogP contribution in [-0.4, -0.2) is 158 Å². The van der Waals surface area contributed by atoms with Gasteiger partial charge in [-0.15, -0.1) is 0 Å². The highest BCUT2D eigenvalue weighted by Gasteiger charge is 2.32. The van der Waals surface area contributed by atoms with Gasteiger partial charge in [-0.05, 0) is 79.9 Å². The quantitative estimate of drug-likeness (QED) is 0.456. The number of likely N-dealkylation sites (tertiary alicyclic amines) is 2. The fourth-order valence-corrected chi connectivity index (χ4v) is 4.37. The third-order valence-electron chi connectivity index (χ3n) is 7.77. The first-order valence-electron chi connectivity index (χ1n) is 15.0. The molecule has 5 heterocycles. The summed E-state index contributed by atoms with van der Waals surface area (Å²) in [5.74, 6) is -1.47. The van der Waals surface area contributed by atoms with Crippen LogP contribution < -0.4 is 0 Å². The largest absolute Gasteiger partial charge is 0.381 e. The molecule has 5 aliphatic rings. The Hall–Kier alpha value is -0.420. The van der Waals surface area contributed by atoms with Crippen molar-refractivity contribution in [2.45, 2.75) is 57.8 Å². The van der Waals surface area contributed by atoms with E-state index >= 15 is 0 Å². The SMILES string of the molecule is CC1CCOCC1.CN1CCC(F)(F)CC1.CN1CCCCC1.CN1CCN(C)CC1.CN1CCOCC1. The van der Waals surface area contributed by atoms with Gasteiger partial charge in [0.15, 0.2) is 0 Å². The van der Waals surface area contributed by atoms with E-state index in [1.807, 2.05) is 11.9 Å². The van der Waals surface area contributed by atoms with Gasteiger partial charge in [0.1, 0.15) is 0 Å². The molecule has 38 heavy (non-hydrogen) atoms. The van der Waals surface area contributed by atoms with Crippen molar-refractivity contribution < 1.29 is 18.3 Å². The molecule has 0 atom stereocenters. The fraction of sp³-hybridized carbons (Fsp3) is 1.00. The average Bonchev–Trinajstić information content (AvgIpc) is 2.91. The number of halogens is 2. The van der Waals surface area contributed by atoms with Crippen LogP contribution in [-0.2, 0) is 9.47 Å². The number of hydrogen-bond acceptors (Lipinski definition) is 7. The topological polar surface area (TPSA) is 34.7 Å². The second-order valence-corrected chi connectivity index (χ2v) is 11.8. The van der Waals surface area contributed by atoms with Gasteiger partial charge in [0.05, 0.1) is 13.2 Å². The zero-order valence-electron chi connectivity index (χ0n) is 25.7. The lowest BCUT2D eigenvalue weighted by Crippen LogP contribution is -2.42. The molecule has 0 aromatic heterocycles. The minimum Gasteiger partial charge on any atom is -0.381 e. The van der Waals surface area contributed by atoms with Gasteiger partial charge in [0, 0.05) is 78.4 Å². The molecule has 0 unspecified atom stereocenters. The molecular weight excluding hydrogens is 488 g/mol. The fourth-order valence-electron chi connectivity index (χ4n) is 4.37. The van der Waals surface area contributed by atoms with Gasteiger partial charge in [0.2, 0.25) is 0 Å². The van der Waals surface area contributed by atoms with Crippen molar-refractivity contribution in [1.82, 2.24) is 24.5 Å². The lowest BCUT2D eigenvalue weighted by molar-refractivity contribution is -0.0504.